The molecule has 2 aliphatic rings. The number of rotatable bonds is 32. The molecule has 25 nitrogen and oxygen atoms in total. The summed E-state index contributed by atoms with van der Waals surface area (Å²) in [5.74, 6) is -3.36. The van der Waals surface area contributed by atoms with Crippen molar-refractivity contribution in [3.8, 4) is 22.5 Å². The van der Waals surface area contributed by atoms with E-state index in [1.807, 2.05) is 60.7 Å². The van der Waals surface area contributed by atoms with Gasteiger partial charge in [-0.05, 0) is 55.4 Å². The first-order valence-electron chi connectivity index (χ1n) is 28.0. The highest BCUT2D eigenvalue weighted by atomic mass is 16.6. The Bertz CT molecular complexity index is 3160. The first-order valence-corrected chi connectivity index (χ1v) is 28.0. The van der Waals surface area contributed by atoms with Crippen molar-refractivity contribution in [3.05, 3.63) is 152 Å². The number of carbonyl (C=O) groups is 4. The molecule has 2 unspecified atom stereocenters. The largest absolute Gasteiger partial charge is 0.463 e. The molecule has 0 fully saturated rings. The first kappa shape index (κ1) is 62.4. The van der Waals surface area contributed by atoms with Gasteiger partial charge in [0.1, 0.15) is 47.5 Å². The molecule has 0 saturated heterocycles. The summed E-state index contributed by atoms with van der Waals surface area (Å²) in [6.07, 6.45) is 3.35. The van der Waals surface area contributed by atoms with Gasteiger partial charge in [-0.1, -0.05) is 81.4 Å². The number of aryl methyl sites for hydroxylation is 2. The molecule has 2 atom stereocenters. The fraction of sp³-hybridized carbons (Fsp3) is 0.433. The van der Waals surface area contributed by atoms with Crippen molar-refractivity contribution in [1.29, 1.82) is 0 Å². The molecular formula is C60H72N10O15. The van der Waals surface area contributed by atoms with Crippen LogP contribution in [0, 0.1) is 13.8 Å². The number of hydrogen-bond donors (Lipinski definition) is 2. The van der Waals surface area contributed by atoms with Crippen molar-refractivity contribution >= 4 is 23.9 Å². The summed E-state index contributed by atoms with van der Waals surface area (Å²) in [5.41, 5.74) is 7.53. The quantitative estimate of drug-likeness (QED) is 0.0253. The maximum Gasteiger partial charge on any atom is 0.337 e. The summed E-state index contributed by atoms with van der Waals surface area (Å²) in [6.45, 7) is 18.4. The number of benzene rings is 2. The molecule has 25 heteroatoms. The smallest absolute Gasteiger partial charge is 0.337 e. The topological polar surface area (TPSA) is 289 Å². The molecule has 0 saturated carbocycles. The summed E-state index contributed by atoms with van der Waals surface area (Å²) in [4.78, 5) is 55.0. The van der Waals surface area contributed by atoms with E-state index in [-0.39, 0.29) is 48.7 Å². The standard InChI is InChI=1S/C60H72N10O15/c1-9-80-57(71)47-37(3)61-39(5)49(53(47)51-41(7)84-65-55(51)43-17-13-11-14-18-43)59(73)82-35-45-33-69(67-63-45)21-23-75-25-27-77-29-31-79-32-30-78-28-26-76-24-22-70-34-46(64-68-70)36-83-60(74)50-40(6)62-38(4)48(58(72)81-10-2)54(50)52-42(8)85-66-56(52)44-19-15-12-16-20-44/h11-20,33-34,53-54,61-62H,9-10,21-32,35-36H2,1-8H3. The van der Waals surface area contributed by atoms with Gasteiger partial charge in [-0.15, -0.1) is 10.2 Å². The number of nitrogens with one attached hydrogen (secondary N) is 2. The maximum atomic E-state index is 14.0. The molecule has 6 aromatic rings. The molecule has 0 aliphatic carbocycles. The molecule has 452 valence electrons. The SMILES string of the molecule is CCOC(=O)C1=C(C)NC(C)=C(C(=O)OCc2cn(CCOCCOCCOCCOCCOCCn3cc(COC(=O)C4=C(C)NC(C)=C(C(=O)OCC)C4c4c(-c5ccccc5)noc4C)nn3)nn2)C1c1c(-c2ccccc2)noc1C. The molecule has 0 radical (unpaired) electrons. The summed E-state index contributed by atoms with van der Waals surface area (Å²) < 4.78 is 65.4. The average Bonchev–Trinajstić information content (AvgIpc) is 2.03. The van der Waals surface area contributed by atoms with Gasteiger partial charge in [0.15, 0.2) is 0 Å². The predicted molar refractivity (Wildman–Crippen MR) is 303 cm³/mol. The lowest BCUT2D eigenvalue weighted by Crippen LogP contribution is -2.33. The molecule has 4 aromatic heterocycles. The lowest BCUT2D eigenvalue weighted by molar-refractivity contribution is -0.142. The van der Waals surface area contributed by atoms with E-state index in [1.54, 1.807) is 77.1 Å². The van der Waals surface area contributed by atoms with Gasteiger partial charge in [0.2, 0.25) is 0 Å². The second-order valence-corrected chi connectivity index (χ2v) is 19.6. The third-order valence-corrected chi connectivity index (χ3v) is 13.7. The predicted octanol–water partition coefficient (Wildman–Crippen LogP) is 6.66. The van der Waals surface area contributed by atoms with E-state index in [0.717, 1.165) is 11.1 Å². The van der Waals surface area contributed by atoms with Crippen LogP contribution in [0.4, 0.5) is 0 Å². The fourth-order valence-corrected chi connectivity index (χ4v) is 9.87. The zero-order valence-corrected chi connectivity index (χ0v) is 49.1. The van der Waals surface area contributed by atoms with Crippen molar-refractivity contribution in [2.24, 2.45) is 0 Å². The van der Waals surface area contributed by atoms with E-state index in [4.69, 9.17) is 51.7 Å². The van der Waals surface area contributed by atoms with E-state index < -0.39 is 35.7 Å². The van der Waals surface area contributed by atoms with Gasteiger partial charge in [0.05, 0.1) is 139 Å². The summed E-state index contributed by atoms with van der Waals surface area (Å²) in [7, 11) is 0. The third kappa shape index (κ3) is 16.0. The Morgan fingerprint density at radius 3 is 1.11 bits per heavy atom. The molecule has 8 rings (SSSR count). The van der Waals surface area contributed by atoms with Gasteiger partial charge in [0.25, 0.3) is 0 Å². The fourth-order valence-electron chi connectivity index (χ4n) is 9.87. The average molecular weight is 1170 g/mol. The number of allylic oxidation sites excluding steroid dienone is 4. The molecule has 2 aliphatic heterocycles. The second kappa shape index (κ2) is 30.8. The molecule has 2 aromatic carbocycles. The minimum atomic E-state index is -0.893. The number of carbonyl (C=O) groups excluding carboxylic acids is 4. The molecule has 85 heavy (non-hydrogen) atoms. The van der Waals surface area contributed by atoms with Gasteiger partial charge >= 0.3 is 23.9 Å². The number of hydrogen-bond acceptors (Lipinski definition) is 23. The first-order chi connectivity index (χ1) is 41.3. The highest BCUT2D eigenvalue weighted by Crippen LogP contribution is 2.46. The van der Waals surface area contributed by atoms with Crippen molar-refractivity contribution in [1.82, 2.24) is 50.9 Å². The summed E-state index contributed by atoms with van der Waals surface area (Å²) in [5, 5.41) is 31.7. The Balaban J connectivity index is 0.669. The molecule has 0 spiro atoms. The van der Waals surface area contributed by atoms with Crippen LogP contribution in [-0.2, 0) is 88.1 Å². The van der Waals surface area contributed by atoms with E-state index in [2.05, 4.69) is 41.6 Å². The Kier molecular flexibility index (Phi) is 22.6. The van der Waals surface area contributed by atoms with Gasteiger partial charge in [0, 0.05) is 45.0 Å². The minimum absolute atomic E-state index is 0.142. The van der Waals surface area contributed by atoms with Crippen LogP contribution in [0.25, 0.3) is 22.5 Å². The molecule has 6 heterocycles. The number of ether oxygens (including phenoxy) is 9. The molecular weight excluding hydrogens is 1100 g/mol. The van der Waals surface area contributed by atoms with Gasteiger partial charge in [-0.3, -0.25) is 0 Å². The monoisotopic (exact) mass is 1170 g/mol. The Morgan fingerprint density at radius 2 is 0.776 bits per heavy atom. The highest BCUT2D eigenvalue weighted by Gasteiger charge is 2.43. The Morgan fingerprint density at radius 1 is 0.459 bits per heavy atom. The van der Waals surface area contributed by atoms with Crippen LogP contribution in [-0.4, -0.2) is 143 Å². The summed E-state index contributed by atoms with van der Waals surface area (Å²) >= 11 is 0. The maximum absolute atomic E-state index is 14.0. The van der Waals surface area contributed by atoms with Crippen LogP contribution < -0.4 is 10.6 Å². The number of esters is 4. The lowest BCUT2D eigenvalue weighted by atomic mass is 9.78. The zero-order valence-electron chi connectivity index (χ0n) is 49.1. The van der Waals surface area contributed by atoms with Gasteiger partial charge in [-0.2, -0.15) is 0 Å². The van der Waals surface area contributed by atoms with Crippen molar-refractivity contribution in [2.75, 3.05) is 79.3 Å². The number of aromatic nitrogens is 8. The Hall–Kier alpha value is -8.62. The van der Waals surface area contributed by atoms with Crippen molar-refractivity contribution in [2.45, 2.75) is 93.5 Å². The van der Waals surface area contributed by atoms with Gasteiger partial charge < -0.3 is 62.3 Å². The van der Waals surface area contributed by atoms with Crippen LogP contribution in [0.5, 0.6) is 0 Å². The third-order valence-electron chi connectivity index (χ3n) is 13.7. The van der Waals surface area contributed by atoms with Crippen LogP contribution >= 0.6 is 0 Å². The van der Waals surface area contributed by atoms with Crippen LogP contribution in [0.3, 0.4) is 0 Å². The number of dihydropyridines is 2. The lowest BCUT2D eigenvalue weighted by Gasteiger charge is -2.30. The number of nitrogens with zero attached hydrogens (tertiary/aromatic N) is 8. The Labute approximate surface area is 491 Å². The molecule has 0 bridgehead atoms. The van der Waals surface area contributed by atoms with Crippen molar-refractivity contribution in [3.63, 3.8) is 0 Å². The van der Waals surface area contributed by atoms with Gasteiger partial charge in [-0.25, -0.2) is 28.5 Å². The van der Waals surface area contributed by atoms with Crippen LogP contribution in [0.15, 0.2) is 127 Å². The zero-order chi connectivity index (χ0) is 60.2. The normalized spacial score (nSPS) is 15.3. The van der Waals surface area contributed by atoms with E-state index in [9.17, 15) is 19.2 Å². The van der Waals surface area contributed by atoms with E-state index in [0.29, 0.717) is 147 Å². The molecule has 2 N–H and O–H groups in total. The molecule has 0 amide bonds. The highest BCUT2D eigenvalue weighted by molar-refractivity contribution is 6.02. The second-order valence-electron chi connectivity index (χ2n) is 19.6. The summed E-state index contributed by atoms with van der Waals surface area (Å²) in [6, 6.07) is 18.8. The van der Waals surface area contributed by atoms with E-state index in [1.165, 1.54) is 0 Å². The van der Waals surface area contributed by atoms with Crippen molar-refractivity contribution < 1.29 is 70.9 Å². The van der Waals surface area contributed by atoms with Crippen LogP contribution in [0.2, 0.25) is 0 Å². The van der Waals surface area contributed by atoms with Crippen LogP contribution in [0.1, 0.15) is 87.4 Å². The van der Waals surface area contributed by atoms with E-state index >= 15 is 0 Å². The minimum Gasteiger partial charge on any atom is -0.463 e.